The Morgan fingerprint density at radius 2 is 2.06 bits per heavy atom. The summed E-state index contributed by atoms with van der Waals surface area (Å²) < 4.78 is 6.32. The third-order valence-electron chi connectivity index (χ3n) is 3.82. The Kier molecular flexibility index (Phi) is 5.17. The molecule has 1 aromatic rings. The van der Waals surface area contributed by atoms with Gasteiger partial charge in [-0.2, -0.15) is 0 Å². The van der Waals surface area contributed by atoms with Crippen LogP contribution in [0.4, 0.5) is 0 Å². The molecule has 1 fully saturated rings. The Morgan fingerprint density at radius 1 is 1.28 bits per heavy atom. The quantitative estimate of drug-likeness (QED) is 0.711. The topological polar surface area (TPSA) is 12.5 Å². The van der Waals surface area contributed by atoms with Crippen LogP contribution < -0.4 is 5.19 Å². The van der Waals surface area contributed by atoms with E-state index in [0.29, 0.717) is 4.85 Å². The lowest BCUT2D eigenvalue weighted by atomic mass is 10.2. The molecule has 1 aromatic carbocycles. The minimum Gasteiger partial charge on any atom is -0.383 e. The van der Waals surface area contributed by atoms with Gasteiger partial charge >= 0.3 is 1.43 Å². The van der Waals surface area contributed by atoms with Crippen molar-refractivity contribution in [2.75, 3.05) is 26.9 Å². The first kappa shape index (κ1) is 14.0. The lowest BCUT2D eigenvalue weighted by Crippen LogP contribution is -2.54. The van der Waals surface area contributed by atoms with Gasteiger partial charge in [0.1, 0.15) is 0 Å². The summed E-state index contributed by atoms with van der Waals surface area (Å²) in [4.78, 5) is 2.69. The number of rotatable bonds is 5. The van der Waals surface area contributed by atoms with Crippen LogP contribution in [-0.4, -0.2) is 55.7 Å². The zero-order chi connectivity index (χ0) is 12.8. The van der Waals surface area contributed by atoms with E-state index in [9.17, 15) is 0 Å². The molecular weight excluding hydrogens is 254 g/mol. The molecule has 100 valence electrons. The first-order valence-corrected chi connectivity index (χ1v) is 10.1. The van der Waals surface area contributed by atoms with Crippen LogP contribution in [0.1, 0.15) is 20.7 Å². The van der Waals surface area contributed by atoms with Crippen LogP contribution in [0.3, 0.4) is 0 Å². The molecule has 1 atom stereocenters. The van der Waals surface area contributed by atoms with Crippen molar-refractivity contribution in [3.8, 4) is 0 Å². The normalized spacial score (nSPS) is 25.7. The van der Waals surface area contributed by atoms with Crippen LogP contribution in [0.25, 0.3) is 0 Å². The van der Waals surface area contributed by atoms with Gasteiger partial charge in [0.05, 0.1) is 19.0 Å². The molecule has 0 bridgehead atoms. The molecule has 4 heteroatoms. The van der Waals surface area contributed by atoms with Gasteiger partial charge in [-0.3, -0.25) is 0 Å². The van der Waals surface area contributed by atoms with Gasteiger partial charge in [-0.25, -0.2) is 0 Å². The largest absolute Gasteiger partial charge is 1.00 e. The highest BCUT2D eigenvalue weighted by Gasteiger charge is 2.33. The van der Waals surface area contributed by atoms with Crippen molar-refractivity contribution in [3.05, 3.63) is 30.3 Å². The van der Waals surface area contributed by atoms with Gasteiger partial charge in [-0.05, 0) is 39.5 Å². The third-order valence-corrected chi connectivity index (χ3v) is 10.3. The van der Waals surface area contributed by atoms with Gasteiger partial charge in [0, 0.05) is 11.5 Å². The van der Waals surface area contributed by atoms with Gasteiger partial charge in [0.2, 0.25) is 0 Å². The van der Waals surface area contributed by atoms with Gasteiger partial charge in [-0.15, -0.1) is 0 Å². The highest BCUT2D eigenvalue weighted by Crippen LogP contribution is 2.23. The molecule has 0 saturated carbocycles. The Bertz CT molecular complexity index is 356. The van der Waals surface area contributed by atoms with E-state index in [1.165, 1.54) is 25.4 Å². The zero-order valence-corrected chi connectivity index (χ0v) is 14.5. The summed E-state index contributed by atoms with van der Waals surface area (Å²) in [5.74, 6) is 0. The molecule has 0 spiro atoms. The van der Waals surface area contributed by atoms with E-state index in [4.69, 9.17) is 4.74 Å². The van der Waals surface area contributed by atoms with E-state index in [0.717, 1.165) is 6.61 Å². The molecule has 0 aromatic heterocycles. The molecule has 1 aliphatic rings. The second-order valence-electron chi connectivity index (χ2n) is 5.70. The summed E-state index contributed by atoms with van der Waals surface area (Å²) in [6.07, 6.45) is 5.25. The third kappa shape index (κ3) is 4.05. The fraction of sp³-hybridized carbons (Fsp3) is 0.571. The minimum absolute atomic E-state index is 0. The van der Waals surface area contributed by atoms with E-state index in [1.807, 2.05) is 0 Å². The smallest absolute Gasteiger partial charge is 0.383 e. The molecule has 2 rings (SSSR count). The minimum atomic E-state index is -0.294. The van der Waals surface area contributed by atoms with Crippen LogP contribution in [-0.2, 0) is 4.74 Å². The average Bonchev–Trinajstić information content (AvgIpc) is 2.39. The summed E-state index contributed by atoms with van der Waals surface area (Å²) in [5.41, 5.74) is 0. The fourth-order valence-corrected chi connectivity index (χ4v) is 8.35. The van der Waals surface area contributed by atoms with E-state index >= 15 is 0 Å². The predicted octanol–water partition coefficient (Wildman–Crippen LogP) is 0.135. The van der Waals surface area contributed by atoms with Crippen molar-refractivity contribution >= 4 is 24.2 Å². The Morgan fingerprint density at radius 3 is 2.67 bits per heavy atom. The molecule has 1 saturated heterocycles. The maximum Gasteiger partial charge on any atom is 1.00 e. The summed E-state index contributed by atoms with van der Waals surface area (Å²) in [7, 11) is 3.91. The maximum atomic E-state index is 6.32. The summed E-state index contributed by atoms with van der Waals surface area (Å²) in [6, 6.07) is 11.1. The van der Waals surface area contributed by atoms with Gasteiger partial charge in [0.25, 0.3) is 0 Å². The molecular formula is C14H26NOSi2+. The summed E-state index contributed by atoms with van der Waals surface area (Å²) in [6.45, 7) is 1.00. The Labute approximate surface area is 117 Å². The van der Waals surface area contributed by atoms with Crippen LogP contribution >= 0.6 is 0 Å². The van der Waals surface area contributed by atoms with E-state index in [2.05, 4.69) is 49.3 Å². The monoisotopic (exact) mass is 280 g/mol. The SMILES string of the molecule is CN(C)C[SiH2]C1([SiH2]c2ccccc2)CCCCO1.[H+]. The van der Waals surface area contributed by atoms with E-state index in [1.54, 1.807) is 5.19 Å². The van der Waals surface area contributed by atoms with Crippen LogP contribution in [0.5, 0.6) is 0 Å². The molecule has 2 nitrogen and oxygen atoms in total. The van der Waals surface area contributed by atoms with E-state index in [-0.39, 0.29) is 20.5 Å². The van der Waals surface area contributed by atoms with Crippen LogP contribution in [0.2, 0.25) is 0 Å². The maximum absolute atomic E-state index is 6.32. The number of hydrogen-bond acceptors (Lipinski definition) is 2. The summed E-state index contributed by atoms with van der Waals surface area (Å²) in [5, 5.41) is 1.57. The van der Waals surface area contributed by atoms with Gasteiger partial charge in [-0.1, -0.05) is 35.5 Å². The first-order valence-electron chi connectivity index (χ1n) is 7.03. The molecule has 1 unspecified atom stereocenters. The van der Waals surface area contributed by atoms with Gasteiger partial charge in [0.15, 0.2) is 0 Å². The van der Waals surface area contributed by atoms with Crippen molar-refractivity contribution in [1.82, 2.24) is 4.90 Å². The van der Waals surface area contributed by atoms with Crippen molar-refractivity contribution in [2.24, 2.45) is 0 Å². The fourth-order valence-electron chi connectivity index (χ4n) is 2.73. The van der Waals surface area contributed by atoms with Crippen LogP contribution in [0.15, 0.2) is 30.3 Å². The standard InChI is InChI=1S/C14H25NOSi2/c1-15(2)12-17-14(10-6-7-11-16-14)18-13-8-4-3-5-9-13/h3-5,8-9H,6-7,10-12,17-18H2,1-2H3/p+1. The summed E-state index contributed by atoms with van der Waals surface area (Å²) >= 11 is 0. The van der Waals surface area contributed by atoms with Gasteiger partial charge < -0.3 is 9.64 Å². The number of hydrogen-bond donors (Lipinski definition) is 0. The van der Waals surface area contributed by atoms with Crippen molar-refractivity contribution in [3.63, 3.8) is 0 Å². The number of benzene rings is 1. The molecule has 1 aliphatic heterocycles. The Hall–Kier alpha value is -0.426. The second-order valence-corrected chi connectivity index (χ2v) is 11.4. The molecule has 0 aliphatic carbocycles. The number of ether oxygens (including phenoxy) is 1. The van der Waals surface area contributed by atoms with Crippen LogP contribution in [0, 0.1) is 0 Å². The average molecular weight is 281 g/mol. The zero-order valence-electron chi connectivity index (χ0n) is 12.7. The first-order chi connectivity index (χ1) is 8.70. The van der Waals surface area contributed by atoms with E-state index < -0.39 is 0 Å². The highest BCUT2D eigenvalue weighted by atomic mass is 28.3. The second kappa shape index (κ2) is 6.66. The number of nitrogens with zero attached hydrogens (tertiary/aromatic N) is 1. The molecule has 1 heterocycles. The molecule has 0 radical (unpaired) electrons. The van der Waals surface area contributed by atoms with Crippen molar-refractivity contribution in [1.29, 1.82) is 0 Å². The molecule has 18 heavy (non-hydrogen) atoms. The van der Waals surface area contributed by atoms with Crippen molar-refractivity contribution < 1.29 is 6.16 Å². The molecule has 0 amide bonds. The predicted molar refractivity (Wildman–Crippen MR) is 85.4 cm³/mol. The lowest BCUT2D eigenvalue weighted by molar-refractivity contribution is 0.0333. The lowest BCUT2D eigenvalue weighted by Gasteiger charge is -2.38. The molecule has 0 N–H and O–H groups in total. The highest BCUT2D eigenvalue weighted by molar-refractivity contribution is 6.70. The van der Waals surface area contributed by atoms with Crippen molar-refractivity contribution in [2.45, 2.75) is 24.1 Å². The Balaban J connectivity index is 0.00000180.